The Hall–Kier alpha value is -2.94. The van der Waals surface area contributed by atoms with E-state index in [-0.39, 0.29) is 24.7 Å². The van der Waals surface area contributed by atoms with E-state index in [4.69, 9.17) is 4.74 Å². The number of ether oxygens (including phenoxy) is 1. The van der Waals surface area contributed by atoms with E-state index in [0.29, 0.717) is 25.1 Å². The van der Waals surface area contributed by atoms with Crippen molar-refractivity contribution < 1.29 is 17.9 Å². The number of sulfonamides is 1. The van der Waals surface area contributed by atoms with Gasteiger partial charge in [-0.05, 0) is 47.2 Å². The molecule has 1 saturated heterocycles. The number of nitrogens with one attached hydrogen (secondary N) is 1. The minimum absolute atomic E-state index is 0.185. The average molecular weight is 483 g/mol. The van der Waals surface area contributed by atoms with Gasteiger partial charge in [0.25, 0.3) is 5.91 Å². The summed E-state index contributed by atoms with van der Waals surface area (Å²) in [7, 11) is -3.17. The van der Waals surface area contributed by atoms with Crippen molar-refractivity contribution in [2.75, 3.05) is 25.4 Å². The molecule has 172 valence electrons. The van der Waals surface area contributed by atoms with Gasteiger partial charge in [0.05, 0.1) is 11.3 Å². The lowest BCUT2D eigenvalue weighted by Gasteiger charge is -2.15. The molecular formula is C25H26N2O4S2. The molecule has 0 radical (unpaired) electrons. The molecule has 1 aliphatic rings. The molecule has 3 aromatic rings. The zero-order valence-electron chi connectivity index (χ0n) is 18.1. The molecule has 1 amide bonds. The highest BCUT2D eigenvalue weighted by Gasteiger charge is 2.27. The summed E-state index contributed by atoms with van der Waals surface area (Å²) in [6, 6.07) is 21.4. The van der Waals surface area contributed by atoms with Crippen LogP contribution >= 0.6 is 11.3 Å². The van der Waals surface area contributed by atoms with Gasteiger partial charge in [0.1, 0.15) is 12.4 Å². The molecule has 0 atom stereocenters. The van der Waals surface area contributed by atoms with Gasteiger partial charge < -0.3 is 10.1 Å². The van der Waals surface area contributed by atoms with E-state index in [1.165, 1.54) is 15.6 Å². The first-order valence-corrected chi connectivity index (χ1v) is 13.3. The molecule has 2 heterocycles. The van der Waals surface area contributed by atoms with E-state index in [2.05, 4.69) is 5.32 Å². The van der Waals surface area contributed by atoms with Gasteiger partial charge in [-0.25, -0.2) is 12.7 Å². The van der Waals surface area contributed by atoms with Crippen LogP contribution in [0, 0.1) is 0 Å². The molecule has 6 nitrogen and oxygen atoms in total. The lowest BCUT2D eigenvalue weighted by Crippen LogP contribution is -2.36. The third kappa shape index (κ3) is 6.31. The quantitative estimate of drug-likeness (QED) is 0.468. The smallest absolute Gasteiger partial charge is 0.252 e. The predicted octanol–water partition coefficient (Wildman–Crippen LogP) is 4.02. The summed E-state index contributed by atoms with van der Waals surface area (Å²) in [5, 5.41) is 4.80. The number of amides is 1. The number of rotatable bonds is 9. The summed E-state index contributed by atoms with van der Waals surface area (Å²) in [5.74, 6) is 0.673. The Balaban J connectivity index is 1.45. The van der Waals surface area contributed by atoms with E-state index in [0.717, 1.165) is 21.8 Å². The van der Waals surface area contributed by atoms with Crippen LogP contribution in [0.15, 0.2) is 72.1 Å². The number of carbonyl (C=O) groups is 1. The summed E-state index contributed by atoms with van der Waals surface area (Å²) in [5.41, 5.74) is 2.47. The summed E-state index contributed by atoms with van der Waals surface area (Å²) in [6.07, 6.45) is 2.47. The lowest BCUT2D eigenvalue weighted by atomic mass is 10.1. The van der Waals surface area contributed by atoms with Gasteiger partial charge in [-0.1, -0.05) is 48.5 Å². The van der Waals surface area contributed by atoms with E-state index >= 15 is 0 Å². The maximum absolute atomic E-state index is 13.0. The largest absolute Gasteiger partial charge is 0.489 e. The molecule has 0 spiro atoms. The molecule has 0 saturated carbocycles. The van der Waals surface area contributed by atoms with Gasteiger partial charge in [0.15, 0.2) is 0 Å². The number of benzene rings is 2. The van der Waals surface area contributed by atoms with Crippen molar-refractivity contribution in [3.05, 3.63) is 88.1 Å². The first-order chi connectivity index (χ1) is 16.0. The maximum Gasteiger partial charge on any atom is 0.252 e. The van der Waals surface area contributed by atoms with Crippen LogP contribution < -0.4 is 10.1 Å². The molecular weight excluding hydrogens is 456 g/mol. The van der Waals surface area contributed by atoms with Crippen LogP contribution in [0.25, 0.3) is 11.6 Å². The highest BCUT2D eigenvalue weighted by Crippen LogP contribution is 2.25. The second-order valence-corrected chi connectivity index (χ2v) is 10.7. The standard InChI is InChI=1S/C25H26N2O4S2/c28-25(26-12-14-27-13-6-16-33(27,29)30)23(24-11-5-15-32-24)18-21-9-4-10-22(17-21)31-19-20-7-2-1-3-8-20/h1-5,7-11,15,17-18H,6,12-14,16,19H2,(H,26,28). The number of hydrogen-bond donors (Lipinski definition) is 1. The number of carbonyl (C=O) groups excluding carboxylic acids is 1. The Morgan fingerprint density at radius 2 is 1.94 bits per heavy atom. The van der Waals surface area contributed by atoms with Crippen molar-refractivity contribution in [3.8, 4) is 5.75 Å². The fourth-order valence-electron chi connectivity index (χ4n) is 3.61. The molecule has 2 aromatic carbocycles. The van der Waals surface area contributed by atoms with Crippen molar-refractivity contribution in [1.29, 1.82) is 0 Å². The highest BCUT2D eigenvalue weighted by molar-refractivity contribution is 7.89. The van der Waals surface area contributed by atoms with Crippen LogP contribution in [0.1, 0.15) is 22.4 Å². The SMILES string of the molecule is O=C(NCCN1CCCS1(=O)=O)C(=Cc1cccc(OCc2ccccc2)c1)c1cccs1. The van der Waals surface area contributed by atoms with Crippen LogP contribution in [0.3, 0.4) is 0 Å². The first kappa shape index (κ1) is 23.2. The normalized spacial score (nSPS) is 15.9. The summed E-state index contributed by atoms with van der Waals surface area (Å²) in [4.78, 5) is 13.8. The first-order valence-electron chi connectivity index (χ1n) is 10.8. The highest BCUT2D eigenvalue weighted by atomic mass is 32.2. The Kier molecular flexibility index (Phi) is 7.59. The molecule has 33 heavy (non-hydrogen) atoms. The zero-order chi connectivity index (χ0) is 23.1. The third-order valence-electron chi connectivity index (χ3n) is 5.30. The molecule has 0 bridgehead atoms. The average Bonchev–Trinajstić information content (AvgIpc) is 3.47. The second-order valence-electron chi connectivity index (χ2n) is 7.71. The molecule has 0 aliphatic carbocycles. The Morgan fingerprint density at radius 3 is 2.67 bits per heavy atom. The molecule has 8 heteroatoms. The summed E-state index contributed by atoms with van der Waals surface area (Å²) < 4.78 is 31.3. The van der Waals surface area contributed by atoms with Gasteiger partial charge in [0, 0.05) is 24.5 Å². The van der Waals surface area contributed by atoms with Crippen LogP contribution in [0.4, 0.5) is 0 Å². The third-order valence-corrected chi connectivity index (χ3v) is 8.16. The summed E-state index contributed by atoms with van der Waals surface area (Å²) in [6.45, 7) is 1.53. The van der Waals surface area contributed by atoms with Gasteiger partial charge in [0.2, 0.25) is 10.0 Å². The second kappa shape index (κ2) is 10.8. The molecule has 1 aliphatic heterocycles. The van der Waals surface area contributed by atoms with E-state index < -0.39 is 10.0 Å². The maximum atomic E-state index is 13.0. The van der Waals surface area contributed by atoms with Crippen molar-refractivity contribution in [2.24, 2.45) is 0 Å². The fourth-order valence-corrected chi connectivity index (χ4v) is 5.88. The summed E-state index contributed by atoms with van der Waals surface area (Å²) >= 11 is 1.48. The predicted molar refractivity (Wildman–Crippen MR) is 132 cm³/mol. The van der Waals surface area contributed by atoms with E-state index in [1.807, 2.05) is 78.2 Å². The molecule has 1 fully saturated rings. The Bertz CT molecular complexity index is 1210. The molecule has 4 rings (SSSR count). The van der Waals surface area contributed by atoms with Gasteiger partial charge in [-0.2, -0.15) is 0 Å². The van der Waals surface area contributed by atoms with E-state index in [1.54, 1.807) is 0 Å². The topological polar surface area (TPSA) is 75.7 Å². The number of hydrogen-bond acceptors (Lipinski definition) is 5. The van der Waals surface area contributed by atoms with Crippen LogP contribution in [-0.2, 0) is 21.4 Å². The zero-order valence-corrected chi connectivity index (χ0v) is 19.8. The van der Waals surface area contributed by atoms with Crippen molar-refractivity contribution in [2.45, 2.75) is 13.0 Å². The van der Waals surface area contributed by atoms with Gasteiger partial charge >= 0.3 is 0 Å². The van der Waals surface area contributed by atoms with Crippen molar-refractivity contribution in [1.82, 2.24) is 9.62 Å². The van der Waals surface area contributed by atoms with Gasteiger partial charge in [-0.3, -0.25) is 4.79 Å². The lowest BCUT2D eigenvalue weighted by molar-refractivity contribution is -0.115. The van der Waals surface area contributed by atoms with Crippen molar-refractivity contribution >= 4 is 38.9 Å². The molecule has 1 aromatic heterocycles. The Labute approximate surface area is 198 Å². The minimum Gasteiger partial charge on any atom is -0.489 e. The van der Waals surface area contributed by atoms with Gasteiger partial charge in [-0.15, -0.1) is 11.3 Å². The van der Waals surface area contributed by atoms with Crippen LogP contribution in [-0.4, -0.2) is 44.0 Å². The molecule has 1 N–H and O–H groups in total. The number of nitrogens with zero attached hydrogens (tertiary/aromatic N) is 1. The molecule has 0 unspecified atom stereocenters. The van der Waals surface area contributed by atoms with E-state index in [9.17, 15) is 13.2 Å². The monoisotopic (exact) mass is 482 g/mol. The van der Waals surface area contributed by atoms with Crippen LogP contribution in [0.2, 0.25) is 0 Å². The number of thiophene rings is 1. The fraction of sp³-hybridized carbons (Fsp3) is 0.240. The Morgan fingerprint density at radius 1 is 1.09 bits per heavy atom. The van der Waals surface area contributed by atoms with Crippen molar-refractivity contribution in [3.63, 3.8) is 0 Å². The minimum atomic E-state index is -3.17. The van der Waals surface area contributed by atoms with Crippen LogP contribution in [0.5, 0.6) is 5.75 Å².